The zero-order valence-electron chi connectivity index (χ0n) is 14.7. The molecule has 3 rings (SSSR count). The molecule has 1 heterocycles. The number of esters is 1. The molecular weight excluding hydrogens is 371 g/mol. The van der Waals surface area contributed by atoms with Gasteiger partial charge in [0.25, 0.3) is 0 Å². The molecule has 0 unspecified atom stereocenters. The van der Waals surface area contributed by atoms with Crippen LogP contribution in [0.1, 0.15) is 16.1 Å². The summed E-state index contributed by atoms with van der Waals surface area (Å²) in [6, 6.07) is 11.4. The first-order valence-corrected chi connectivity index (χ1v) is 8.83. The highest BCUT2D eigenvalue weighted by molar-refractivity contribution is 7.13. The van der Waals surface area contributed by atoms with Crippen LogP contribution in [-0.2, 0) is 11.3 Å². The Morgan fingerprint density at radius 2 is 1.81 bits per heavy atom. The van der Waals surface area contributed by atoms with Gasteiger partial charge in [0.05, 0.1) is 25.5 Å². The molecule has 3 aromatic rings. The second-order valence-corrected chi connectivity index (χ2v) is 6.28. The van der Waals surface area contributed by atoms with E-state index >= 15 is 0 Å². The lowest BCUT2D eigenvalue weighted by Crippen LogP contribution is -2.08. The molecule has 0 amide bonds. The van der Waals surface area contributed by atoms with E-state index in [4.69, 9.17) is 14.2 Å². The van der Waals surface area contributed by atoms with Crippen LogP contribution in [0.25, 0.3) is 0 Å². The van der Waals surface area contributed by atoms with Crippen molar-refractivity contribution in [2.75, 3.05) is 19.5 Å². The average Bonchev–Trinajstić information content (AvgIpc) is 3.14. The van der Waals surface area contributed by atoms with Crippen molar-refractivity contribution in [2.24, 2.45) is 0 Å². The maximum atomic E-state index is 13.9. The number of nitrogens with zero attached hydrogens (tertiary/aromatic N) is 1. The molecule has 140 valence electrons. The molecule has 8 heteroatoms. The van der Waals surface area contributed by atoms with E-state index in [9.17, 15) is 9.18 Å². The second-order valence-electron chi connectivity index (χ2n) is 5.42. The molecule has 1 N–H and O–H groups in total. The molecule has 0 bridgehead atoms. The molecule has 0 aliphatic heterocycles. The number of methoxy groups -OCH3 is 2. The summed E-state index contributed by atoms with van der Waals surface area (Å²) in [4.78, 5) is 16.4. The highest BCUT2D eigenvalue weighted by atomic mass is 32.1. The number of thiazole rings is 1. The van der Waals surface area contributed by atoms with Crippen molar-refractivity contribution in [3.63, 3.8) is 0 Å². The lowest BCUT2D eigenvalue weighted by atomic mass is 10.2. The molecule has 0 fully saturated rings. The Bertz CT molecular complexity index is 928. The van der Waals surface area contributed by atoms with Gasteiger partial charge in [0.15, 0.2) is 5.13 Å². The number of rotatable bonds is 7. The number of hydrogen-bond donors (Lipinski definition) is 1. The monoisotopic (exact) mass is 388 g/mol. The van der Waals surface area contributed by atoms with Crippen molar-refractivity contribution in [1.82, 2.24) is 4.98 Å². The van der Waals surface area contributed by atoms with Crippen LogP contribution < -0.4 is 14.8 Å². The normalized spacial score (nSPS) is 10.3. The second kappa shape index (κ2) is 8.50. The van der Waals surface area contributed by atoms with Crippen LogP contribution in [0.2, 0.25) is 0 Å². The van der Waals surface area contributed by atoms with E-state index in [0.29, 0.717) is 16.6 Å². The first-order valence-electron chi connectivity index (χ1n) is 7.95. The minimum Gasteiger partial charge on any atom is -0.497 e. The van der Waals surface area contributed by atoms with Gasteiger partial charge < -0.3 is 19.5 Å². The maximum absolute atomic E-state index is 13.9. The number of nitrogens with one attached hydrogen (secondary N) is 1. The number of benzene rings is 2. The standard InChI is InChI=1S/C19H17FN2O4S/c1-24-14-5-3-12(4-6-14)21-19-22-13(11-27-19)10-26-18(23)16-8-7-15(25-2)9-17(16)20/h3-9,11H,10H2,1-2H3,(H,21,22). The van der Waals surface area contributed by atoms with Gasteiger partial charge in [-0.25, -0.2) is 14.2 Å². The van der Waals surface area contributed by atoms with Crippen LogP contribution in [0.15, 0.2) is 47.8 Å². The van der Waals surface area contributed by atoms with E-state index in [0.717, 1.165) is 17.5 Å². The number of carbonyl (C=O) groups is 1. The van der Waals surface area contributed by atoms with E-state index in [2.05, 4.69) is 10.3 Å². The van der Waals surface area contributed by atoms with Gasteiger partial charge in [-0.1, -0.05) is 0 Å². The minimum absolute atomic E-state index is 0.0505. The fraction of sp³-hybridized carbons (Fsp3) is 0.158. The molecule has 0 saturated carbocycles. The summed E-state index contributed by atoms with van der Waals surface area (Å²) in [5.74, 6) is -0.358. The molecule has 2 aromatic carbocycles. The van der Waals surface area contributed by atoms with Crippen LogP contribution in [0.3, 0.4) is 0 Å². The zero-order valence-corrected chi connectivity index (χ0v) is 15.5. The third kappa shape index (κ3) is 4.73. The Balaban J connectivity index is 1.58. The van der Waals surface area contributed by atoms with Crippen molar-refractivity contribution in [3.8, 4) is 11.5 Å². The summed E-state index contributed by atoms with van der Waals surface area (Å²) in [5, 5.41) is 5.58. The first kappa shape index (κ1) is 18.7. The molecular formula is C19H17FN2O4S. The van der Waals surface area contributed by atoms with Gasteiger partial charge in [0, 0.05) is 17.1 Å². The maximum Gasteiger partial charge on any atom is 0.341 e. The Hall–Kier alpha value is -3.13. The van der Waals surface area contributed by atoms with Gasteiger partial charge in [0.1, 0.15) is 23.9 Å². The smallest absolute Gasteiger partial charge is 0.341 e. The summed E-state index contributed by atoms with van der Waals surface area (Å²) in [5.41, 5.74) is 1.27. The average molecular weight is 388 g/mol. The number of aromatic nitrogens is 1. The highest BCUT2D eigenvalue weighted by Crippen LogP contribution is 2.23. The van der Waals surface area contributed by atoms with Crippen LogP contribution in [0, 0.1) is 5.82 Å². The van der Waals surface area contributed by atoms with Gasteiger partial charge in [-0.2, -0.15) is 0 Å². The van der Waals surface area contributed by atoms with Gasteiger partial charge in [-0.3, -0.25) is 0 Å². The molecule has 0 spiro atoms. The fourth-order valence-electron chi connectivity index (χ4n) is 2.23. The summed E-state index contributed by atoms with van der Waals surface area (Å²) in [6.07, 6.45) is 0. The quantitative estimate of drug-likeness (QED) is 0.605. The number of halogens is 1. The molecule has 0 radical (unpaired) electrons. The summed E-state index contributed by atoms with van der Waals surface area (Å²) >= 11 is 1.37. The minimum atomic E-state index is -0.757. The Labute approximate surface area is 159 Å². The van der Waals surface area contributed by atoms with Crippen molar-refractivity contribution in [1.29, 1.82) is 0 Å². The molecule has 6 nitrogen and oxygen atoms in total. The van der Waals surface area contributed by atoms with Crippen LogP contribution >= 0.6 is 11.3 Å². The third-order valence-corrected chi connectivity index (χ3v) is 4.45. The molecule has 0 saturated heterocycles. The lowest BCUT2D eigenvalue weighted by Gasteiger charge is -2.06. The Morgan fingerprint density at radius 3 is 2.48 bits per heavy atom. The molecule has 27 heavy (non-hydrogen) atoms. The molecule has 0 aliphatic rings. The predicted molar refractivity (Wildman–Crippen MR) is 100 cm³/mol. The van der Waals surface area contributed by atoms with Crippen LogP contribution in [0.4, 0.5) is 15.2 Å². The fourth-order valence-corrected chi connectivity index (χ4v) is 2.95. The molecule has 1 aromatic heterocycles. The van der Waals surface area contributed by atoms with Gasteiger partial charge in [-0.15, -0.1) is 11.3 Å². The van der Waals surface area contributed by atoms with E-state index < -0.39 is 11.8 Å². The van der Waals surface area contributed by atoms with E-state index in [1.54, 1.807) is 12.5 Å². The Morgan fingerprint density at radius 1 is 1.11 bits per heavy atom. The van der Waals surface area contributed by atoms with Gasteiger partial charge in [-0.05, 0) is 36.4 Å². The highest BCUT2D eigenvalue weighted by Gasteiger charge is 2.15. The van der Waals surface area contributed by atoms with Crippen molar-refractivity contribution >= 4 is 28.1 Å². The number of anilines is 2. The van der Waals surface area contributed by atoms with Crippen molar-refractivity contribution < 1.29 is 23.4 Å². The summed E-state index contributed by atoms with van der Waals surface area (Å²) in [7, 11) is 3.03. The van der Waals surface area contributed by atoms with Crippen LogP contribution in [-0.4, -0.2) is 25.2 Å². The van der Waals surface area contributed by atoms with E-state index in [-0.39, 0.29) is 12.2 Å². The number of ether oxygens (including phenoxy) is 3. The largest absolute Gasteiger partial charge is 0.497 e. The number of carbonyl (C=O) groups excluding carboxylic acids is 1. The van der Waals surface area contributed by atoms with Crippen molar-refractivity contribution in [2.45, 2.75) is 6.61 Å². The lowest BCUT2D eigenvalue weighted by molar-refractivity contribution is 0.0463. The van der Waals surface area contributed by atoms with Crippen LogP contribution in [0.5, 0.6) is 11.5 Å². The van der Waals surface area contributed by atoms with E-state index in [1.165, 1.54) is 30.6 Å². The SMILES string of the molecule is COc1ccc(Nc2nc(COC(=O)c3ccc(OC)cc3F)cs2)cc1. The zero-order chi connectivity index (χ0) is 19.2. The Kier molecular flexibility index (Phi) is 5.87. The van der Waals surface area contributed by atoms with E-state index in [1.807, 2.05) is 24.3 Å². The molecule has 0 atom stereocenters. The summed E-state index contributed by atoms with van der Waals surface area (Å²) in [6.45, 7) is -0.0505. The third-order valence-electron chi connectivity index (χ3n) is 3.64. The van der Waals surface area contributed by atoms with Crippen molar-refractivity contribution in [3.05, 3.63) is 64.9 Å². The predicted octanol–water partition coefficient (Wildman–Crippen LogP) is 4.40. The summed E-state index contributed by atoms with van der Waals surface area (Å²) < 4.78 is 29.1. The first-order chi connectivity index (χ1) is 13.1. The molecule has 0 aliphatic carbocycles. The topological polar surface area (TPSA) is 69.7 Å². The number of hydrogen-bond acceptors (Lipinski definition) is 7. The van der Waals surface area contributed by atoms with Gasteiger partial charge in [0.2, 0.25) is 0 Å². The van der Waals surface area contributed by atoms with Gasteiger partial charge >= 0.3 is 5.97 Å².